The average Bonchev–Trinajstić information content (AvgIpc) is 3.61. The Morgan fingerprint density at radius 2 is 1.83 bits per heavy atom. The number of rotatable bonds is 8. The predicted octanol–water partition coefficient (Wildman–Crippen LogP) is 5.78. The molecule has 0 radical (unpaired) electrons. The zero-order valence-electron chi connectivity index (χ0n) is 20.4. The number of aliphatic hydroxyl groups excluding tert-OH is 2. The van der Waals surface area contributed by atoms with E-state index in [2.05, 4.69) is 0 Å². The van der Waals surface area contributed by atoms with Gasteiger partial charge >= 0.3 is 5.97 Å². The number of aliphatic hydroxyl groups is 2. The number of carbonyl (C=O) groups excluding carboxylic acids is 1. The van der Waals surface area contributed by atoms with Crippen LogP contribution in [0.25, 0.3) is 28.1 Å². The number of fused-ring (bicyclic) bond motifs is 1. The fourth-order valence-corrected chi connectivity index (χ4v) is 4.23. The van der Waals surface area contributed by atoms with Crippen LogP contribution in [0, 0.1) is 5.82 Å². The van der Waals surface area contributed by atoms with Gasteiger partial charge in [0.1, 0.15) is 11.4 Å². The molecule has 2 unspecified atom stereocenters. The van der Waals surface area contributed by atoms with Crippen LogP contribution in [0.2, 0.25) is 0 Å². The molecular weight excluding hydrogens is 445 g/mol. The molecule has 2 aromatic carbocycles. The number of nitrogens with zero attached hydrogens (tertiary/aromatic N) is 1. The molecule has 1 aromatic heterocycles. The Balaban J connectivity index is 1.64. The first-order valence-electron chi connectivity index (χ1n) is 12.1. The maximum Gasteiger partial charge on any atom is 0.308 e. The lowest BCUT2D eigenvalue weighted by Gasteiger charge is -2.21. The van der Waals surface area contributed by atoms with E-state index in [-0.39, 0.29) is 18.7 Å². The summed E-state index contributed by atoms with van der Waals surface area (Å²) in [6, 6.07) is 14.3. The number of aromatic nitrogens is 1. The third-order valence-electron chi connectivity index (χ3n) is 5.88. The van der Waals surface area contributed by atoms with Crippen LogP contribution >= 0.6 is 0 Å². The number of carbonyl (C=O) groups is 1. The second kappa shape index (κ2) is 10.3. The van der Waals surface area contributed by atoms with Crippen molar-refractivity contribution < 1.29 is 24.1 Å². The second-order valence-electron chi connectivity index (χ2n) is 10.2. The average molecular weight is 478 g/mol. The van der Waals surface area contributed by atoms with Crippen molar-refractivity contribution in [3.63, 3.8) is 0 Å². The van der Waals surface area contributed by atoms with Gasteiger partial charge in [0.05, 0.1) is 29.8 Å². The number of ether oxygens (including phenoxy) is 1. The number of benzene rings is 2. The Labute approximate surface area is 205 Å². The zero-order chi connectivity index (χ0) is 25.2. The summed E-state index contributed by atoms with van der Waals surface area (Å²) in [7, 11) is 0. The van der Waals surface area contributed by atoms with Crippen molar-refractivity contribution in [2.75, 3.05) is 0 Å². The summed E-state index contributed by atoms with van der Waals surface area (Å²) in [6.07, 6.45) is 3.39. The zero-order valence-corrected chi connectivity index (χ0v) is 20.4. The summed E-state index contributed by atoms with van der Waals surface area (Å²) in [6.45, 7) is 5.30. The Bertz CT molecular complexity index is 1230. The van der Waals surface area contributed by atoms with Gasteiger partial charge in [0, 0.05) is 28.9 Å². The highest BCUT2D eigenvalue weighted by Crippen LogP contribution is 2.45. The van der Waals surface area contributed by atoms with E-state index in [1.165, 1.54) is 12.1 Å². The van der Waals surface area contributed by atoms with Crippen molar-refractivity contribution in [2.24, 2.45) is 0 Å². The van der Waals surface area contributed by atoms with Crippen molar-refractivity contribution in [1.29, 1.82) is 0 Å². The third-order valence-corrected chi connectivity index (χ3v) is 5.88. The maximum absolute atomic E-state index is 13.7. The molecule has 0 aliphatic heterocycles. The molecule has 2 atom stereocenters. The summed E-state index contributed by atoms with van der Waals surface area (Å²) in [5, 5.41) is 21.9. The van der Waals surface area contributed by atoms with Crippen LogP contribution in [0.5, 0.6) is 0 Å². The van der Waals surface area contributed by atoms with Gasteiger partial charge < -0.3 is 14.9 Å². The lowest BCUT2D eigenvalue weighted by Crippen LogP contribution is -2.27. The van der Waals surface area contributed by atoms with Gasteiger partial charge in [-0.25, -0.2) is 4.39 Å². The van der Waals surface area contributed by atoms with Crippen LogP contribution in [0.3, 0.4) is 0 Å². The Morgan fingerprint density at radius 3 is 2.49 bits per heavy atom. The number of hydrogen-bond acceptors (Lipinski definition) is 5. The fraction of sp³-hybridized carbons (Fsp3) is 0.379. The van der Waals surface area contributed by atoms with Crippen LogP contribution in [-0.2, 0) is 9.53 Å². The molecule has 6 heteroatoms. The molecule has 0 spiro atoms. The van der Waals surface area contributed by atoms with E-state index in [0.717, 1.165) is 46.1 Å². The summed E-state index contributed by atoms with van der Waals surface area (Å²) in [5.74, 6) is -0.469. The van der Waals surface area contributed by atoms with Crippen LogP contribution < -0.4 is 0 Å². The van der Waals surface area contributed by atoms with Crippen molar-refractivity contribution in [1.82, 2.24) is 4.98 Å². The molecule has 35 heavy (non-hydrogen) atoms. The highest BCUT2D eigenvalue weighted by atomic mass is 19.1. The molecule has 5 nitrogen and oxygen atoms in total. The second-order valence-corrected chi connectivity index (χ2v) is 10.2. The van der Waals surface area contributed by atoms with Crippen molar-refractivity contribution >= 4 is 22.9 Å². The minimum atomic E-state index is -1.03. The number of pyridine rings is 1. The Morgan fingerprint density at radius 1 is 1.14 bits per heavy atom. The number of esters is 1. The summed E-state index contributed by atoms with van der Waals surface area (Å²) in [5.41, 5.74) is 3.90. The van der Waals surface area contributed by atoms with Crippen molar-refractivity contribution in [2.45, 2.75) is 70.2 Å². The maximum atomic E-state index is 13.7. The number of halogens is 1. The molecule has 0 amide bonds. The third kappa shape index (κ3) is 6.53. The molecule has 3 aromatic rings. The molecular formula is C29H32FNO4. The Kier molecular flexibility index (Phi) is 7.33. The first-order chi connectivity index (χ1) is 16.6. The lowest BCUT2D eigenvalue weighted by atomic mass is 9.92. The van der Waals surface area contributed by atoms with E-state index in [9.17, 15) is 19.4 Å². The minimum Gasteiger partial charge on any atom is -0.460 e. The van der Waals surface area contributed by atoms with Gasteiger partial charge in [0.25, 0.3) is 0 Å². The highest BCUT2D eigenvalue weighted by molar-refractivity contribution is 5.99. The molecule has 4 rings (SSSR count). The summed E-state index contributed by atoms with van der Waals surface area (Å²) in [4.78, 5) is 16.9. The molecule has 0 bridgehead atoms. The summed E-state index contributed by atoms with van der Waals surface area (Å²) < 4.78 is 18.9. The minimum absolute atomic E-state index is 0.00139. The normalized spacial score (nSPS) is 15.9. The first kappa shape index (κ1) is 25.0. The van der Waals surface area contributed by atoms with Gasteiger partial charge in [0.2, 0.25) is 0 Å². The van der Waals surface area contributed by atoms with Gasteiger partial charge in [-0.15, -0.1) is 0 Å². The highest BCUT2D eigenvalue weighted by Gasteiger charge is 2.29. The van der Waals surface area contributed by atoms with Crippen LogP contribution in [0.15, 0.2) is 54.6 Å². The standard InChI is InChI=1S/C29H32FNO4/c1-29(2,3)35-26(34)17-22(33)16-21(32)14-15-24-27(18-10-12-20(30)13-11-18)23-6-4-5-7-25(23)31-28(24)19-8-9-19/h4-7,10-15,19,21-22,32-33H,8-9,16-17H2,1-3H3/b15-14+. The Hall–Kier alpha value is -3.09. The number of hydrogen-bond donors (Lipinski definition) is 2. The monoisotopic (exact) mass is 477 g/mol. The lowest BCUT2D eigenvalue weighted by molar-refractivity contribution is -0.157. The SMILES string of the molecule is CC(C)(C)OC(=O)CC(O)CC(O)/C=C/c1c(C2CC2)nc2ccccc2c1-c1ccc(F)cc1. The van der Waals surface area contributed by atoms with E-state index >= 15 is 0 Å². The number of para-hydroxylation sites is 1. The smallest absolute Gasteiger partial charge is 0.308 e. The van der Waals surface area contributed by atoms with E-state index < -0.39 is 23.8 Å². The van der Waals surface area contributed by atoms with E-state index in [1.807, 2.05) is 30.3 Å². The van der Waals surface area contributed by atoms with E-state index in [1.54, 1.807) is 39.0 Å². The summed E-state index contributed by atoms with van der Waals surface area (Å²) >= 11 is 0. The fourth-order valence-electron chi connectivity index (χ4n) is 4.23. The molecule has 2 N–H and O–H groups in total. The first-order valence-corrected chi connectivity index (χ1v) is 12.1. The van der Waals surface area contributed by atoms with Crippen LogP contribution in [0.1, 0.15) is 63.6 Å². The molecule has 1 aliphatic rings. The molecule has 1 saturated carbocycles. The van der Waals surface area contributed by atoms with Gasteiger partial charge in [-0.1, -0.05) is 42.5 Å². The van der Waals surface area contributed by atoms with Gasteiger partial charge in [-0.2, -0.15) is 0 Å². The van der Waals surface area contributed by atoms with Crippen molar-refractivity contribution in [3.8, 4) is 11.1 Å². The quantitative estimate of drug-likeness (QED) is 0.402. The van der Waals surface area contributed by atoms with Gasteiger partial charge in [-0.3, -0.25) is 9.78 Å². The largest absolute Gasteiger partial charge is 0.460 e. The van der Waals surface area contributed by atoms with E-state index in [0.29, 0.717) is 5.92 Å². The van der Waals surface area contributed by atoms with E-state index in [4.69, 9.17) is 9.72 Å². The topological polar surface area (TPSA) is 79.7 Å². The molecule has 184 valence electrons. The van der Waals surface area contributed by atoms with Gasteiger partial charge in [0.15, 0.2) is 0 Å². The van der Waals surface area contributed by atoms with Crippen molar-refractivity contribution in [3.05, 3.63) is 71.7 Å². The molecule has 1 fully saturated rings. The van der Waals surface area contributed by atoms with Crippen LogP contribution in [-0.4, -0.2) is 39.0 Å². The predicted molar refractivity (Wildman–Crippen MR) is 135 cm³/mol. The van der Waals surface area contributed by atoms with Gasteiger partial charge in [-0.05, 0) is 57.4 Å². The molecule has 1 aliphatic carbocycles. The molecule has 0 saturated heterocycles. The van der Waals surface area contributed by atoms with Crippen LogP contribution in [0.4, 0.5) is 4.39 Å². The molecule has 1 heterocycles.